The number of benzene rings is 1. The molecule has 1 saturated heterocycles. The standard InChI is InChI=1S/C15H20N4/c1-10(2)17-14-11-6-3-4-7-12(11)18-15(19-14)13-8-5-9-16-13/h3-4,6-7,10,13,16H,5,8-9H2,1-2H3,(H,17,18,19). The molecule has 1 aromatic carbocycles. The Labute approximate surface area is 113 Å². The van der Waals surface area contributed by atoms with E-state index in [4.69, 9.17) is 9.97 Å². The number of nitrogens with zero attached hydrogens (tertiary/aromatic N) is 2. The van der Waals surface area contributed by atoms with E-state index in [1.807, 2.05) is 12.1 Å². The van der Waals surface area contributed by atoms with Gasteiger partial charge in [-0.05, 0) is 45.4 Å². The summed E-state index contributed by atoms with van der Waals surface area (Å²) in [7, 11) is 0. The second-order valence-corrected chi connectivity index (χ2v) is 5.40. The molecule has 3 rings (SSSR count). The summed E-state index contributed by atoms with van der Waals surface area (Å²) >= 11 is 0. The molecule has 0 amide bonds. The molecule has 0 radical (unpaired) electrons. The van der Waals surface area contributed by atoms with Crippen molar-refractivity contribution >= 4 is 16.7 Å². The fourth-order valence-electron chi connectivity index (χ4n) is 2.54. The lowest BCUT2D eigenvalue weighted by atomic mass is 10.2. The van der Waals surface area contributed by atoms with Crippen LogP contribution in [-0.4, -0.2) is 22.6 Å². The van der Waals surface area contributed by atoms with Gasteiger partial charge in [0.05, 0.1) is 11.6 Å². The molecule has 1 atom stereocenters. The molecule has 0 spiro atoms. The van der Waals surface area contributed by atoms with Crippen LogP contribution in [0.25, 0.3) is 10.9 Å². The molecule has 4 heteroatoms. The zero-order chi connectivity index (χ0) is 13.2. The molecule has 0 aliphatic carbocycles. The maximum absolute atomic E-state index is 4.74. The summed E-state index contributed by atoms with van der Waals surface area (Å²) in [6, 6.07) is 8.86. The van der Waals surface area contributed by atoms with E-state index in [2.05, 4.69) is 36.6 Å². The highest BCUT2D eigenvalue weighted by Gasteiger charge is 2.20. The molecule has 0 saturated carbocycles. The Bertz CT molecular complexity index is 573. The number of para-hydroxylation sites is 1. The van der Waals surface area contributed by atoms with E-state index in [1.165, 1.54) is 6.42 Å². The molecular formula is C15H20N4. The molecule has 4 nitrogen and oxygen atoms in total. The summed E-state index contributed by atoms with van der Waals surface area (Å²) in [5.41, 5.74) is 1.02. The maximum Gasteiger partial charge on any atom is 0.148 e. The third kappa shape index (κ3) is 2.54. The smallest absolute Gasteiger partial charge is 0.148 e. The van der Waals surface area contributed by atoms with Crippen molar-refractivity contribution < 1.29 is 0 Å². The van der Waals surface area contributed by atoms with E-state index in [-0.39, 0.29) is 0 Å². The fourth-order valence-corrected chi connectivity index (χ4v) is 2.54. The first kappa shape index (κ1) is 12.4. The Morgan fingerprint density at radius 1 is 1.26 bits per heavy atom. The van der Waals surface area contributed by atoms with Crippen LogP contribution in [0.5, 0.6) is 0 Å². The molecule has 1 aliphatic rings. The van der Waals surface area contributed by atoms with Crippen molar-refractivity contribution in [3.63, 3.8) is 0 Å². The van der Waals surface area contributed by atoms with Crippen LogP contribution < -0.4 is 10.6 Å². The van der Waals surface area contributed by atoms with Crippen LogP contribution in [0.15, 0.2) is 24.3 Å². The third-order valence-corrected chi connectivity index (χ3v) is 3.42. The predicted molar refractivity (Wildman–Crippen MR) is 78.3 cm³/mol. The average Bonchev–Trinajstić information content (AvgIpc) is 2.92. The van der Waals surface area contributed by atoms with Crippen LogP contribution >= 0.6 is 0 Å². The minimum Gasteiger partial charge on any atom is -0.367 e. The molecule has 1 aliphatic heterocycles. The Hall–Kier alpha value is -1.68. The predicted octanol–water partition coefficient (Wildman–Crippen LogP) is 2.87. The van der Waals surface area contributed by atoms with E-state index in [9.17, 15) is 0 Å². The monoisotopic (exact) mass is 256 g/mol. The zero-order valence-corrected chi connectivity index (χ0v) is 11.5. The van der Waals surface area contributed by atoms with E-state index in [0.717, 1.165) is 35.5 Å². The molecule has 2 N–H and O–H groups in total. The lowest BCUT2D eigenvalue weighted by molar-refractivity contribution is 0.608. The number of aromatic nitrogens is 2. The molecular weight excluding hydrogens is 236 g/mol. The van der Waals surface area contributed by atoms with Gasteiger partial charge < -0.3 is 10.6 Å². The summed E-state index contributed by atoms with van der Waals surface area (Å²) < 4.78 is 0. The van der Waals surface area contributed by atoms with Crippen molar-refractivity contribution in [2.75, 3.05) is 11.9 Å². The van der Waals surface area contributed by atoms with Crippen LogP contribution in [0.1, 0.15) is 38.6 Å². The van der Waals surface area contributed by atoms with Gasteiger partial charge in [0.1, 0.15) is 11.6 Å². The lowest BCUT2D eigenvalue weighted by Gasteiger charge is -2.15. The van der Waals surface area contributed by atoms with Crippen molar-refractivity contribution in [3.8, 4) is 0 Å². The van der Waals surface area contributed by atoms with Crippen molar-refractivity contribution in [2.45, 2.75) is 38.8 Å². The van der Waals surface area contributed by atoms with Gasteiger partial charge in [0.15, 0.2) is 0 Å². The van der Waals surface area contributed by atoms with Crippen LogP contribution in [-0.2, 0) is 0 Å². The largest absolute Gasteiger partial charge is 0.367 e. The van der Waals surface area contributed by atoms with E-state index < -0.39 is 0 Å². The lowest BCUT2D eigenvalue weighted by Crippen LogP contribution is -2.18. The summed E-state index contributed by atoms with van der Waals surface area (Å²) in [5, 5.41) is 7.99. The number of hydrogen-bond acceptors (Lipinski definition) is 4. The van der Waals surface area contributed by atoms with E-state index >= 15 is 0 Å². The fraction of sp³-hybridized carbons (Fsp3) is 0.467. The highest BCUT2D eigenvalue weighted by atomic mass is 15.1. The summed E-state index contributed by atoms with van der Waals surface area (Å²) in [6.07, 6.45) is 2.33. The molecule has 1 fully saturated rings. The molecule has 1 unspecified atom stereocenters. The number of hydrogen-bond donors (Lipinski definition) is 2. The highest BCUT2D eigenvalue weighted by molar-refractivity contribution is 5.89. The van der Waals surface area contributed by atoms with Crippen molar-refractivity contribution in [3.05, 3.63) is 30.1 Å². The molecule has 2 aromatic rings. The van der Waals surface area contributed by atoms with Crippen LogP contribution in [0.4, 0.5) is 5.82 Å². The van der Waals surface area contributed by atoms with Gasteiger partial charge in [0, 0.05) is 11.4 Å². The SMILES string of the molecule is CC(C)Nc1nc(C2CCCN2)nc2ccccc12. The number of fused-ring (bicyclic) bond motifs is 1. The first-order chi connectivity index (χ1) is 9.24. The van der Waals surface area contributed by atoms with Crippen LogP contribution in [0, 0.1) is 0 Å². The van der Waals surface area contributed by atoms with Gasteiger partial charge in [-0.2, -0.15) is 0 Å². The first-order valence-electron chi connectivity index (χ1n) is 7.00. The number of rotatable bonds is 3. The zero-order valence-electron chi connectivity index (χ0n) is 11.5. The molecule has 0 bridgehead atoms. The Morgan fingerprint density at radius 2 is 2.11 bits per heavy atom. The number of nitrogens with one attached hydrogen (secondary N) is 2. The molecule has 1 aromatic heterocycles. The quantitative estimate of drug-likeness (QED) is 0.886. The third-order valence-electron chi connectivity index (χ3n) is 3.42. The minimum absolute atomic E-state index is 0.303. The molecule has 2 heterocycles. The summed E-state index contributed by atoms with van der Waals surface area (Å²) in [5.74, 6) is 1.86. The Morgan fingerprint density at radius 3 is 2.84 bits per heavy atom. The normalized spacial score (nSPS) is 19.2. The van der Waals surface area contributed by atoms with Gasteiger partial charge in [0.25, 0.3) is 0 Å². The second-order valence-electron chi connectivity index (χ2n) is 5.40. The first-order valence-corrected chi connectivity index (χ1v) is 7.00. The maximum atomic E-state index is 4.74. The highest BCUT2D eigenvalue weighted by Crippen LogP contribution is 2.26. The van der Waals surface area contributed by atoms with Gasteiger partial charge in [0.2, 0.25) is 0 Å². The summed E-state index contributed by atoms with van der Waals surface area (Å²) in [6.45, 7) is 5.32. The van der Waals surface area contributed by atoms with Gasteiger partial charge >= 0.3 is 0 Å². The van der Waals surface area contributed by atoms with Crippen molar-refractivity contribution in [2.24, 2.45) is 0 Å². The average molecular weight is 256 g/mol. The molecule has 19 heavy (non-hydrogen) atoms. The van der Waals surface area contributed by atoms with Gasteiger partial charge in [-0.25, -0.2) is 9.97 Å². The number of anilines is 1. The molecule has 100 valence electrons. The van der Waals surface area contributed by atoms with Crippen LogP contribution in [0.2, 0.25) is 0 Å². The van der Waals surface area contributed by atoms with Crippen LogP contribution in [0.3, 0.4) is 0 Å². The second kappa shape index (κ2) is 5.13. The minimum atomic E-state index is 0.303. The van der Waals surface area contributed by atoms with E-state index in [1.54, 1.807) is 0 Å². The summed E-state index contributed by atoms with van der Waals surface area (Å²) in [4.78, 5) is 9.45. The topological polar surface area (TPSA) is 49.8 Å². The van der Waals surface area contributed by atoms with Gasteiger partial charge in [-0.1, -0.05) is 12.1 Å². The Kier molecular flexibility index (Phi) is 3.34. The van der Waals surface area contributed by atoms with Gasteiger partial charge in [-0.15, -0.1) is 0 Å². The van der Waals surface area contributed by atoms with Gasteiger partial charge in [-0.3, -0.25) is 0 Å². The van der Waals surface area contributed by atoms with Crippen molar-refractivity contribution in [1.82, 2.24) is 15.3 Å². The van der Waals surface area contributed by atoms with E-state index in [0.29, 0.717) is 12.1 Å². The Balaban J connectivity index is 2.08. The van der Waals surface area contributed by atoms with Crippen molar-refractivity contribution in [1.29, 1.82) is 0 Å².